The van der Waals surface area contributed by atoms with Crippen molar-refractivity contribution in [1.29, 1.82) is 0 Å². The highest BCUT2D eigenvalue weighted by Crippen LogP contribution is 2.36. The molecule has 3 aromatic rings. The number of hydrogen-bond acceptors (Lipinski definition) is 5. The molecule has 0 saturated carbocycles. The molecule has 0 aliphatic carbocycles. The van der Waals surface area contributed by atoms with Gasteiger partial charge in [0, 0.05) is 5.56 Å². The summed E-state index contributed by atoms with van der Waals surface area (Å²) in [5.74, 6) is -0.700. The summed E-state index contributed by atoms with van der Waals surface area (Å²) in [5, 5.41) is 3.10. The number of para-hydroxylation sites is 1. The number of halogens is 1. The number of ketones is 1. The zero-order valence-electron chi connectivity index (χ0n) is 12.8. The SMILES string of the molecule is Nc1c(C(=O)c2ccccc2)sc(S)c1C(=O)Nc1ccccc1Cl. The second kappa shape index (κ2) is 7.31. The van der Waals surface area contributed by atoms with Crippen molar-refractivity contribution in [1.82, 2.24) is 0 Å². The third kappa shape index (κ3) is 3.56. The summed E-state index contributed by atoms with van der Waals surface area (Å²) in [7, 11) is 0. The highest BCUT2D eigenvalue weighted by Gasteiger charge is 2.25. The van der Waals surface area contributed by atoms with Gasteiger partial charge in [0.2, 0.25) is 5.78 Å². The quantitative estimate of drug-likeness (QED) is 0.446. The Kier molecular flexibility index (Phi) is 5.13. The molecule has 7 heteroatoms. The van der Waals surface area contributed by atoms with Crippen LogP contribution >= 0.6 is 35.6 Å². The lowest BCUT2D eigenvalue weighted by Gasteiger charge is -2.07. The highest BCUT2D eigenvalue weighted by molar-refractivity contribution is 7.83. The number of carbonyl (C=O) groups excluding carboxylic acids is 2. The second-order valence-corrected chi connectivity index (χ2v) is 7.33. The molecule has 25 heavy (non-hydrogen) atoms. The lowest BCUT2D eigenvalue weighted by Crippen LogP contribution is -2.14. The first-order chi connectivity index (χ1) is 12.0. The predicted molar refractivity (Wildman–Crippen MR) is 105 cm³/mol. The first kappa shape index (κ1) is 17.5. The molecular formula is C18H13ClN2O2S2. The molecule has 3 N–H and O–H groups in total. The number of thiol groups is 1. The van der Waals surface area contributed by atoms with Gasteiger partial charge in [0.1, 0.15) is 0 Å². The van der Waals surface area contributed by atoms with E-state index in [0.717, 1.165) is 11.3 Å². The Morgan fingerprint density at radius 2 is 1.68 bits per heavy atom. The van der Waals surface area contributed by atoms with Crippen LogP contribution in [0.3, 0.4) is 0 Å². The number of thiophene rings is 1. The molecule has 0 unspecified atom stereocenters. The number of carbonyl (C=O) groups is 2. The van der Waals surface area contributed by atoms with Crippen molar-refractivity contribution in [2.24, 2.45) is 0 Å². The topological polar surface area (TPSA) is 72.2 Å². The average molecular weight is 389 g/mol. The van der Waals surface area contributed by atoms with Gasteiger partial charge in [-0.2, -0.15) is 0 Å². The molecule has 0 aliphatic heterocycles. The van der Waals surface area contributed by atoms with Crippen molar-refractivity contribution in [3.8, 4) is 0 Å². The van der Waals surface area contributed by atoms with E-state index in [1.54, 1.807) is 48.5 Å². The molecular weight excluding hydrogens is 376 g/mol. The highest BCUT2D eigenvalue weighted by atomic mass is 35.5. The number of nitrogen functional groups attached to an aromatic ring is 1. The van der Waals surface area contributed by atoms with Crippen LogP contribution in [0.2, 0.25) is 5.02 Å². The molecule has 1 aromatic heterocycles. The van der Waals surface area contributed by atoms with Gasteiger partial charge in [-0.15, -0.1) is 24.0 Å². The van der Waals surface area contributed by atoms with Crippen molar-refractivity contribution >= 4 is 58.6 Å². The Morgan fingerprint density at radius 3 is 2.36 bits per heavy atom. The van der Waals surface area contributed by atoms with Crippen molar-refractivity contribution in [2.45, 2.75) is 4.21 Å². The Bertz CT molecular complexity index is 955. The summed E-state index contributed by atoms with van der Waals surface area (Å²) in [4.78, 5) is 25.5. The molecule has 0 aliphatic rings. The van der Waals surface area contributed by atoms with Crippen molar-refractivity contribution in [3.05, 3.63) is 75.6 Å². The Balaban J connectivity index is 1.93. The van der Waals surface area contributed by atoms with Gasteiger partial charge in [0.05, 0.1) is 31.0 Å². The second-order valence-electron chi connectivity index (χ2n) is 5.15. The van der Waals surface area contributed by atoms with Crippen LogP contribution in [0, 0.1) is 0 Å². The van der Waals surface area contributed by atoms with Gasteiger partial charge in [-0.1, -0.05) is 54.1 Å². The Hall–Kier alpha value is -2.28. The minimum Gasteiger partial charge on any atom is -0.397 e. The maximum atomic E-state index is 12.6. The molecule has 0 bridgehead atoms. The van der Waals surface area contributed by atoms with Crippen LogP contribution in [-0.4, -0.2) is 11.7 Å². The number of hydrogen-bond donors (Lipinski definition) is 3. The molecule has 4 nitrogen and oxygen atoms in total. The van der Waals surface area contributed by atoms with E-state index in [9.17, 15) is 9.59 Å². The molecule has 0 radical (unpaired) electrons. The largest absolute Gasteiger partial charge is 0.397 e. The van der Waals surface area contributed by atoms with Crippen LogP contribution < -0.4 is 11.1 Å². The minimum absolute atomic E-state index is 0.119. The van der Waals surface area contributed by atoms with E-state index in [2.05, 4.69) is 17.9 Å². The summed E-state index contributed by atoms with van der Waals surface area (Å²) in [6.07, 6.45) is 0. The summed E-state index contributed by atoms with van der Waals surface area (Å²) in [6, 6.07) is 15.6. The number of amides is 1. The summed E-state index contributed by atoms with van der Waals surface area (Å²) >= 11 is 11.5. The van der Waals surface area contributed by atoms with E-state index < -0.39 is 5.91 Å². The minimum atomic E-state index is -0.459. The van der Waals surface area contributed by atoms with E-state index in [1.807, 2.05) is 6.07 Å². The molecule has 1 heterocycles. The molecule has 126 valence electrons. The number of nitrogens with one attached hydrogen (secondary N) is 1. The maximum absolute atomic E-state index is 12.6. The average Bonchev–Trinajstić information content (AvgIpc) is 2.91. The van der Waals surface area contributed by atoms with Gasteiger partial charge in [-0.25, -0.2) is 0 Å². The van der Waals surface area contributed by atoms with Crippen LogP contribution in [0.25, 0.3) is 0 Å². The molecule has 0 atom stereocenters. The van der Waals surface area contributed by atoms with Gasteiger partial charge in [0.25, 0.3) is 5.91 Å². The molecule has 3 rings (SSSR count). The number of anilines is 2. The lowest BCUT2D eigenvalue weighted by atomic mass is 10.1. The fourth-order valence-corrected chi connectivity index (χ4v) is 3.89. The van der Waals surface area contributed by atoms with Crippen LogP contribution in [0.5, 0.6) is 0 Å². The van der Waals surface area contributed by atoms with E-state index >= 15 is 0 Å². The Labute approximate surface area is 159 Å². The van der Waals surface area contributed by atoms with Crippen molar-refractivity contribution in [3.63, 3.8) is 0 Å². The number of benzene rings is 2. The van der Waals surface area contributed by atoms with Crippen LogP contribution in [0.1, 0.15) is 25.6 Å². The molecule has 2 aromatic carbocycles. The molecule has 1 amide bonds. The van der Waals surface area contributed by atoms with Gasteiger partial charge < -0.3 is 11.1 Å². The van der Waals surface area contributed by atoms with E-state index in [1.165, 1.54) is 0 Å². The van der Waals surface area contributed by atoms with Gasteiger partial charge in [-0.05, 0) is 12.1 Å². The van der Waals surface area contributed by atoms with Crippen molar-refractivity contribution in [2.75, 3.05) is 11.1 Å². The van der Waals surface area contributed by atoms with Crippen LogP contribution in [0.15, 0.2) is 58.8 Å². The zero-order chi connectivity index (χ0) is 18.0. The summed E-state index contributed by atoms with van der Waals surface area (Å²) < 4.78 is 0.376. The van der Waals surface area contributed by atoms with E-state index in [4.69, 9.17) is 17.3 Å². The third-order valence-corrected chi connectivity index (χ3v) is 5.35. The predicted octanol–water partition coefficient (Wildman–Crippen LogP) is 4.76. The fourth-order valence-electron chi connectivity index (χ4n) is 2.29. The normalized spacial score (nSPS) is 10.5. The van der Waals surface area contributed by atoms with Crippen molar-refractivity contribution < 1.29 is 9.59 Å². The first-order valence-electron chi connectivity index (χ1n) is 7.26. The third-order valence-electron chi connectivity index (χ3n) is 3.52. The van der Waals surface area contributed by atoms with Crippen LogP contribution in [0.4, 0.5) is 11.4 Å². The number of nitrogens with two attached hydrogens (primary N) is 1. The molecule has 0 spiro atoms. The number of rotatable bonds is 4. The van der Waals surface area contributed by atoms with E-state index in [0.29, 0.717) is 25.4 Å². The van der Waals surface area contributed by atoms with Gasteiger partial charge in [-0.3, -0.25) is 9.59 Å². The smallest absolute Gasteiger partial charge is 0.259 e. The summed E-state index contributed by atoms with van der Waals surface area (Å²) in [6.45, 7) is 0. The molecule has 0 saturated heterocycles. The maximum Gasteiger partial charge on any atom is 0.259 e. The molecule has 0 fully saturated rings. The zero-order valence-corrected chi connectivity index (χ0v) is 15.3. The first-order valence-corrected chi connectivity index (χ1v) is 8.90. The lowest BCUT2D eigenvalue weighted by molar-refractivity contribution is 0.102. The fraction of sp³-hybridized carbons (Fsp3) is 0. The van der Waals surface area contributed by atoms with E-state index in [-0.39, 0.29) is 17.0 Å². The van der Waals surface area contributed by atoms with Gasteiger partial charge in [0.15, 0.2) is 0 Å². The van der Waals surface area contributed by atoms with Gasteiger partial charge >= 0.3 is 0 Å². The summed E-state index contributed by atoms with van der Waals surface area (Å²) in [5.41, 5.74) is 7.34. The Morgan fingerprint density at radius 1 is 1.04 bits per heavy atom. The monoisotopic (exact) mass is 388 g/mol. The standard InChI is InChI=1S/C18H13ClN2O2S2/c19-11-8-4-5-9-12(11)21-17(23)13-14(20)16(25-18(13)24)15(22)10-6-2-1-3-7-10/h1-9,24H,20H2,(H,21,23). The van der Waals surface area contributed by atoms with Crippen LogP contribution in [-0.2, 0) is 0 Å².